The molecule has 0 heterocycles. The van der Waals surface area contributed by atoms with Crippen molar-refractivity contribution in [2.24, 2.45) is 5.73 Å². The Balaban J connectivity index is 1.90. The number of carbonyl (C=O) groups excluding carboxylic acids is 1. The second-order valence-electron chi connectivity index (χ2n) is 4.09. The van der Waals surface area contributed by atoms with E-state index in [1.807, 2.05) is 18.2 Å². The molecule has 3 nitrogen and oxygen atoms in total. The third-order valence-electron chi connectivity index (χ3n) is 2.54. The molecule has 0 aromatic heterocycles. The molecule has 5 heteroatoms. The van der Waals surface area contributed by atoms with Gasteiger partial charge in [-0.25, -0.2) is 0 Å². The molecule has 1 saturated carbocycles. The number of amides is 1. The van der Waals surface area contributed by atoms with Gasteiger partial charge in [-0.1, -0.05) is 11.6 Å². The van der Waals surface area contributed by atoms with Gasteiger partial charge in [0.25, 0.3) is 0 Å². The standard InChI is InChI=1S/C12H15ClN2OS/c13-9-1-4-11(8(5-9)6-14)17-7-12(16)15-10-2-3-10/h1,4-5,10H,2-3,6-7,14H2,(H,15,16). The van der Waals surface area contributed by atoms with E-state index in [-0.39, 0.29) is 5.91 Å². The molecule has 17 heavy (non-hydrogen) atoms. The van der Waals surface area contributed by atoms with Gasteiger partial charge >= 0.3 is 0 Å². The summed E-state index contributed by atoms with van der Waals surface area (Å²) in [4.78, 5) is 12.6. The van der Waals surface area contributed by atoms with E-state index in [0.29, 0.717) is 23.4 Å². The zero-order chi connectivity index (χ0) is 12.3. The van der Waals surface area contributed by atoms with Gasteiger partial charge in [-0.3, -0.25) is 4.79 Å². The third-order valence-corrected chi connectivity index (χ3v) is 3.89. The molecule has 0 radical (unpaired) electrons. The zero-order valence-corrected chi connectivity index (χ0v) is 11.0. The van der Waals surface area contributed by atoms with Crippen LogP contribution in [0.5, 0.6) is 0 Å². The number of hydrogen-bond acceptors (Lipinski definition) is 3. The fourth-order valence-corrected chi connectivity index (χ4v) is 2.55. The summed E-state index contributed by atoms with van der Waals surface area (Å²) in [6.07, 6.45) is 2.23. The summed E-state index contributed by atoms with van der Waals surface area (Å²) in [6.45, 7) is 0.438. The highest BCUT2D eigenvalue weighted by Crippen LogP contribution is 2.26. The van der Waals surface area contributed by atoms with Crippen LogP contribution in [-0.4, -0.2) is 17.7 Å². The first kappa shape index (κ1) is 12.7. The Morgan fingerprint density at radius 2 is 2.29 bits per heavy atom. The molecule has 1 aromatic rings. The summed E-state index contributed by atoms with van der Waals surface area (Å²) < 4.78 is 0. The van der Waals surface area contributed by atoms with Gasteiger partial charge in [0.1, 0.15) is 0 Å². The molecule has 1 fully saturated rings. The van der Waals surface area contributed by atoms with Crippen LogP contribution >= 0.6 is 23.4 Å². The first-order valence-electron chi connectivity index (χ1n) is 5.59. The molecular weight excluding hydrogens is 256 g/mol. The highest BCUT2D eigenvalue weighted by molar-refractivity contribution is 8.00. The summed E-state index contributed by atoms with van der Waals surface area (Å²) >= 11 is 7.40. The van der Waals surface area contributed by atoms with E-state index in [0.717, 1.165) is 23.3 Å². The average Bonchev–Trinajstić information content (AvgIpc) is 3.11. The van der Waals surface area contributed by atoms with E-state index >= 15 is 0 Å². The smallest absolute Gasteiger partial charge is 0.230 e. The van der Waals surface area contributed by atoms with E-state index in [9.17, 15) is 4.79 Å². The summed E-state index contributed by atoms with van der Waals surface area (Å²) in [6, 6.07) is 6.01. The van der Waals surface area contributed by atoms with E-state index in [1.54, 1.807) is 0 Å². The van der Waals surface area contributed by atoms with Crippen molar-refractivity contribution in [2.45, 2.75) is 30.3 Å². The minimum Gasteiger partial charge on any atom is -0.353 e. The van der Waals surface area contributed by atoms with Crippen LogP contribution in [0, 0.1) is 0 Å². The van der Waals surface area contributed by atoms with Crippen molar-refractivity contribution in [3.63, 3.8) is 0 Å². The number of benzene rings is 1. The maximum absolute atomic E-state index is 11.5. The molecule has 0 bridgehead atoms. The molecule has 0 unspecified atom stereocenters. The summed E-state index contributed by atoms with van der Waals surface area (Å²) in [5.74, 6) is 0.529. The lowest BCUT2D eigenvalue weighted by atomic mass is 10.2. The number of thioether (sulfide) groups is 1. The monoisotopic (exact) mass is 270 g/mol. The molecule has 0 spiro atoms. The van der Waals surface area contributed by atoms with Gasteiger partial charge in [0.15, 0.2) is 0 Å². The molecule has 1 aromatic carbocycles. The number of nitrogens with one attached hydrogen (secondary N) is 1. The molecule has 92 valence electrons. The molecule has 0 aliphatic heterocycles. The quantitative estimate of drug-likeness (QED) is 0.807. The van der Waals surface area contributed by atoms with Crippen LogP contribution in [0.25, 0.3) is 0 Å². The number of halogens is 1. The first-order chi connectivity index (χ1) is 8.19. The lowest BCUT2D eigenvalue weighted by Gasteiger charge is -2.08. The lowest BCUT2D eigenvalue weighted by Crippen LogP contribution is -2.27. The Labute approximate surface area is 110 Å². The highest BCUT2D eigenvalue weighted by Gasteiger charge is 2.23. The van der Waals surface area contributed by atoms with E-state index in [1.165, 1.54) is 11.8 Å². The zero-order valence-electron chi connectivity index (χ0n) is 9.41. The normalized spacial score (nSPS) is 14.7. The van der Waals surface area contributed by atoms with Crippen molar-refractivity contribution >= 4 is 29.3 Å². The van der Waals surface area contributed by atoms with Gasteiger partial charge in [-0.15, -0.1) is 11.8 Å². The van der Waals surface area contributed by atoms with Crippen molar-refractivity contribution in [2.75, 3.05) is 5.75 Å². The molecule has 0 saturated heterocycles. The minimum atomic E-state index is 0.0930. The lowest BCUT2D eigenvalue weighted by molar-refractivity contribution is -0.118. The second kappa shape index (κ2) is 5.76. The molecule has 1 aliphatic rings. The van der Waals surface area contributed by atoms with Gasteiger partial charge in [0, 0.05) is 22.5 Å². The van der Waals surface area contributed by atoms with Crippen LogP contribution in [0.2, 0.25) is 5.02 Å². The molecular formula is C12H15ClN2OS. The fraction of sp³-hybridized carbons (Fsp3) is 0.417. The van der Waals surface area contributed by atoms with Crippen LogP contribution in [0.15, 0.2) is 23.1 Å². The van der Waals surface area contributed by atoms with Crippen molar-refractivity contribution in [3.8, 4) is 0 Å². The molecule has 2 rings (SSSR count). The van der Waals surface area contributed by atoms with Crippen LogP contribution in [-0.2, 0) is 11.3 Å². The fourth-order valence-electron chi connectivity index (χ4n) is 1.49. The number of carbonyl (C=O) groups is 1. The maximum Gasteiger partial charge on any atom is 0.230 e. The van der Waals surface area contributed by atoms with Crippen LogP contribution in [0.3, 0.4) is 0 Å². The molecule has 3 N–H and O–H groups in total. The highest BCUT2D eigenvalue weighted by atomic mass is 35.5. The number of rotatable bonds is 5. The third kappa shape index (κ3) is 3.91. The summed E-state index contributed by atoms with van der Waals surface area (Å²) in [5.41, 5.74) is 6.63. The van der Waals surface area contributed by atoms with Crippen LogP contribution in [0.1, 0.15) is 18.4 Å². The summed E-state index contributed by atoms with van der Waals surface area (Å²) in [7, 11) is 0. The Kier molecular flexibility index (Phi) is 4.31. The Hall–Kier alpha value is -0.710. The van der Waals surface area contributed by atoms with E-state index in [2.05, 4.69) is 5.32 Å². The Morgan fingerprint density at radius 3 is 2.94 bits per heavy atom. The van der Waals surface area contributed by atoms with Crippen LogP contribution < -0.4 is 11.1 Å². The van der Waals surface area contributed by atoms with Gasteiger partial charge < -0.3 is 11.1 Å². The second-order valence-corrected chi connectivity index (χ2v) is 5.54. The minimum absolute atomic E-state index is 0.0930. The summed E-state index contributed by atoms with van der Waals surface area (Å²) in [5, 5.41) is 3.63. The van der Waals surface area contributed by atoms with Crippen molar-refractivity contribution in [1.29, 1.82) is 0 Å². The van der Waals surface area contributed by atoms with Crippen LogP contribution in [0.4, 0.5) is 0 Å². The largest absolute Gasteiger partial charge is 0.353 e. The number of hydrogen-bond donors (Lipinski definition) is 2. The first-order valence-corrected chi connectivity index (χ1v) is 6.96. The SMILES string of the molecule is NCc1cc(Cl)ccc1SCC(=O)NC1CC1. The van der Waals surface area contributed by atoms with Crippen molar-refractivity contribution in [1.82, 2.24) is 5.32 Å². The Morgan fingerprint density at radius 1 is 1.53 bits per heavy atom. The number of nitrogens with two attached hydrogens (primary N) is 1. The van der Waals surface area contributed by atoms with Crippen molar-refractivity contribution in [3.05, 3.63) is 28.8 Å². The molecule has 0 atom stereocenters. The van der Waals surface area contributed by atoms with Gasteiger partial charge in [-0.2, -0.15) is 0 Å². The van der Waals surface area contributed by atoms with E-state index < -0.39 is 0 Å². The van der Waals surface area contributed by atoms with Gasteiger partial charge in [0.05, 0.1) is 5.75 Å². The molecule has 1 aliphatic carbocycles. The topological polar surface area (TPSA) is 55.1 Å². The van der Waals surface area contributed by atoms with Crippen molar-refractivity contribution < 1.29 is 4.79 Å². The van der Waals surface area contributed by atoms with Gasteiger partial charge in [0.2, 0.25) is 5.91 Å². The average molecular weight is 271 g/mol. The molecule has 1 amide bonds. The van der Waals surface area contributed by atoms with E-state index in [4.69, 9.17) is 17.3 Å². The predicted molar refractivity (Wildman–Crippen MR) is 71.2 cm³/mol. The van der Waals surface area contributed by atoms with Gasteiger partial charge in [-0.05, 0) is 36.6 Å². The predicted octanol–water partition coefficient (Wildman–Crippen LogP) is 2.17. The Bertz CT molecular complexity index is 421. The maximum atomic E-state index is 11.5.